The van der Waals surface area contributed by atoms with Gasteiger partial charge in [0.05, 0.1) is 5.92 Å². The van der Waals surface area contributed by atoms with E-state index in [4.69, 9.17) is 4.74 Å². The average molecular weight is 475 g/mol. The Balaban J connectivity index is 1.04. The molecule has 2 aliphatic carbocycles. The molecular formula is C28H30N2O5. The number of carbonyl (C=O) groups excluding carboxylic acids is 2. The number of hydrogen-bond donors (Lipinski definition) is 2. The van der Waals surface area contributed by atoms with Crippen LogP contribution in [0.2, 0.25) is 0 Å². The van der Waals surface area contributed by atoms with Gasteiger partial charge >= 0.3 is 12.1 Å². The van der Waals surface area contributed by atoms with Gasteiger partial charge in [-0.2, -0.15) is 0 Å². The van der Waals surface area contributed by atoms with Crippen LogP contribution in [-0.2, 0) is 14.3 Å². The number of benzene rings is 2. The number of fused-ring (bicyclic) bond motifs is 5. The van der Waals surface area contributed by atoms with Crippen LogP contribution in [-0.4, -0.2) is 52.7 Å². The molecule has 2 amide bonds. The Morgan fingerprint density at radius 3 is 2.26 bits per heavy atom. The third kappa shape index (κ3) is 3.77. The minimum Gasteiger partial charge on any atom is -0.481 e. The second-order valence-corrected chi connectivity index (χ2v) is 10.4. The fourth-order valence-electron chi connectivity index (χ4n) is 6.95. The zero-order valence-electron chi connectivity index (χ0n) is 19.6. The Morgan fingerprint density at radius 2 is 1.60 bits per heavy atom. The molecule has 0 spiro atoms. The topological polar surface area (TPSA) is 95.9 Å². The summed E-state index contributed by atoms with van der Waals surface area (Å²) < 4.78 is 5.67. The van der Waals surface area contributed by atoms with Crippen LogP contribution < -0.4 is 5.32 Å². The van der Waals surface area contributed by atoms with Crippen molar-refractivity contribution in [3.05, 3.63) is 59.7 Å². The minimum absolute atomic E-state index is 0.0128. The minimum atomic E-state index is -0.795. The van der Waals surface area contributed by atoms with Crippen molar-refractivity contribution in [1.29, 1.82) is 0 Å². The van der Waals surface area contributed by atoms with Gasteiger partial charge in [-0.3, -0.25) is 9.59 Å². The smallest absolute Gasteiger partial charge is 0.407 e. The number of carbonyl (C=O) groups is 3. The standard InChI is InChI=1S/C28H30N2O5/c31-26(30-18-11-12-25(30)23(14-18)27(32)33)16-9-10-17(13-16)29-28(34)35-15-24-21-7-3-1-5-19(21)20-6-2-4-8-22(20)24/h1-8,16-18,23-25H,9-15H2,(H,29,34)(H,32,33)/t16-,17+,18+,23-,25-/m1/s1. The van der Waals surface area contributed by atoms with Gasteiger partial charge in [-0.1, -0.05) is 48.5 Å². The van der Waals surface area contributed by atoms with Crippen molar-refractivity contribution >= 4 is 18.0 Å². The second-order valence-electron chi connectivity index (χ2n) is 10.4. The van der Waals surface area contributed by atoms with Crippen LogP contribution in [0.25, 0.3) is 11.1 Å². The van der Waals surface area contributed by atoms with E-state index < -0.39 is 18.0 Å². The molecule has 0 unspecified atom stereocenters. The highest BCUT2D eigenvalue weighted by Gasteiger charge is 2.52. The van der Waals surface area contributed by atoms with Gasteiger partial charge in [0.1, 0.15) is 6.61 Å². The van der Waals surface area contributed by atoms with Gasteiger partial charge in [0, 0.05) is 30.0 Å². The summed E-state index contributed by atoms with van der Waals surface area (Å²) in [5.41, 5.74) is 4.73. The second kappa shape index (κ2) is 8.70. The summed E-state index contributed by atoms with van der Waals surface area (Å²) in [6, 6.07) is 16.3. The molecule has 6 rings (SSSR count). The Hall–Kier alpha value is -3.35. The molecule has 35 heavy (non-hydrogen) atoms. The number of ether oxygens (including phenoxy) is 1. The summed E-state index contributed by atoms with van der Waals surface area (Å²) in [6.07, 6.45) is 3.82. The number of alkyl carbamates (subject to hydrolysis) is 1. The highest BCUT2D eigenvalue weighted by Crippen LogP contribution is 2.45. The number of nitrogens with one attached hydrogen (secondary N) is 1. The van der Waals surface area contributed by atoms with Crippen molar-refractivity contribution in [2.45, 2.75) is 62.6 Å². The number of amides is 2. The number of hydrogen-bond acceptors (Lipinski definition) is 4. The van der Waals surface area contributed by atoms with E-state index in [0.717, 1.165) is 19.3 Å². The molecule has 7 nitrogen and oxygen atoms in total. The highest BCUT2D eigenvalue weighted by molar-refractivity contribution is 5.83. The van der Waals surface area contributed by atoms with Crippen molar-refractivity contribution in [3.8, 4) is 11.1 Å². The Labute approximate surface area is 204 Å². The van der Waals surface area contributed by atoms with Gasteiger partial charge in [0.15, 0.2) is 0 Å². The average Bonchev–Trinajstić information content (AvgIpc) is 3.64. The molecule has 2 aliphatic heterocycles. The van der Waals surface area contributed by atoms with E-state index in [0.29, 0.717) is 19.3 Å². The first-order chi connectivity index (χ1) is 17.0. The predicted octanol–water partition coefficient (Wildman–Crippen LogP) is 4.16. The molecule has 2 bridgehead atoms. The molecule has 1 saturated carbocycles. The highest BCUT2D eigenvalue weighted by atomic mass is 16.5. The molecule has 2 heterocycles. The van der Waals surface area contributed by atoms with E-state index in [2.05, 4.69) is 29.6 Å². The molecule has 0 radical (unpaired) electrons. The molecule has 5 atom stereocenters. The summed E-state index contributed by atoms with van der Waals surface area (Å²) >= 11 is 0. The molecule has 2 saturated heterocycles. The van der Waals surface area contributed by atoms with E-state index in [9.17, 15) is 19.5 Å². The Bertz CT molecular complexity index is 1130. The maximum atomic E-state index is 13.2. The first-order valence-electron chi connectivity index (χ1n) is 12.7. The summed E-state index contributed by atoms with van der Waals surface area (Å²) in [5, 5.41) is 12.4. The first kappa shape index (κ1) is 22.1. The molecule has 2 aromatic rings. The maximum absolute atomic E-state index is 13.2. The lowest BCUT2D eigenvalue weighted by atomic mass is 9.89. The molecular weight excluding hydrogens is 444 g/mol. The van der Waals surface area contributed by atoms with Crippen molar-refractivity contribution < 1.29 is 24.2 Å². The molecule has 3 fully saturated rings. The number of rotatable bonds is 5. The fraction of sp³-hybridized carbons (Fsp3) is 0.464. The van der Waals surface area contributed by atoms with Gasteiger partial charge in [-0.15, -0.1) is 0 Å². The van der Waals surface area contributed by atoms with E-state index >= 15 is 0 Å². The quantitative estimate of drug-likeness (QED) is 0.679. The zero-order chi connectivity index (χ0) is 24.1. The predicted molar refractivity (Wildman–Crippen MR) is 129 cm³/mol. The van der Waals surface area contributed by atoms with E-state index in [-0.39, 0.29) is 42.5 Å². The van der Waals surface area contributed by atoms with Crippen molar-refractivity contribution in [1.82, 2.24) is 10.2 Å². The van der Waals surface area contributed by atoms with Crippen molar-refractivity contribution in [3.63, 3.8) is 0 Å². The largest absolute Gasteiger partial charge is 0.481 e. The molecule has 2 aromatic carbocycles. The summed E-state index contributed by atoms with van der Waals surface area (Å²) in [4.78, 5) is 39.3. The van der Waals surface area contributed by atoms with Crippen molar-refractivity contribution in [2.75, 3.05) is 6.61 Å². The maximum Gasteiger partial charge on any atom is 0.407 e. The van der Waals surface area contributed by atoms with Gasteiger partial charge < -0.3 is 20.1 Å². The van der Waals surface area contributed by atoms with Crippen LogP contribution in [0.3, 0.4) is 0 Å². The SMILES string of the molecule is O=C(N[C@H]1CC[C@@H](C(=O)N2[C@H]3CC[C@@H]2[C@H](C(=O)O)C3)C1)OCC1c2ccccc2-c2ccccc21. The van der Waals surface area contributed by atoms with Gasteiger partial charge in [0.25, 0.3) is 0 Å². The summed E-state index contributed by atoms with van der Waals surface area (Å²) in [7, 11) is 0. The molecule has 182 valence electrons. The third-order valence-electron chi connectivity index (χ3n) is 8.56. The van der Waals surface area contributed by atoms with Crippen LogP contribution >= 0.6 is 0 Å². The Kier molecular flexibility index (Phi) is 5.50. The number of nitrogens with zero attached hydrogens (tertiary/aromatic N) is 1. The van der Waals surface area contributed by atoms with Crippen molar-refractivity contribution in [2.24, 2.45) is 11.8 Å². The molecule has 7 heteroatoms. The summed E-state index contributed by atoms with van der Waals surface area (Å²) in [5.74, 6) is -1.31. The molecule has 0 aromatic heterocycles. The summed E-state index contributed by atoms with van der Waals surface area (Å²) in [6.45, 7) is 0.267. The third-order valence-corrected chi connectivity index (χ3v) is 8.56. The van der Waals surface area contributed by atoms with E-state index in [1.54, 1.807) is 0 Å². The lowest BCUT2D eigenvalue weighted by Crippen LogP contribution is -2.41. The fourth-order valence-corrected chi connectivity index (χ4v) is 6.95. The normalized spacial score (nSPS) is 28.6. The Morgan fingerprint density at radius 1 is 0.914 bits per heavy atom. The van der Waals surface area contributed by atoms with E-state index in [1.165, 1.54) is 22.3 Å². The molecule has 4 aliphatic rings. The van der Waals surface area contributed by atoms with Crippen LogP contribution in [0.5, 0.6) is 0 Å². The van der Waals surface area contributed by atoms with Crippen LogP contribution in [0, 0.1) is 11.8 Å². The number of carboxylic acids is 1. The van der Waals surface area contributed by atoms with Gasteiger partial charge in [-0.05, 0) is 60.8 Å². The number of aliphatic carboxylic acids is 1. The van der Waals surface area contributed by atoms with E-state index in [1.807, 2.05) is 29.2 Å². The number of carboxylic acid groups (broad SMARTS) is 1. The first-order valence-corrected chi connectivity index (χ1v) is 12.7. The van der Waals surface area contributed by atoms with Gasteiger partial charge in [0.2, 0.25) is 5.91 Å². The van der Waals surface area contributed by atoms with Crippen LogP contribution in [0.4, 0.5) is 4.79 Å². The molecule has 2 N–H and O–H groups in total. The zero-order valence-corrected chi connectivity index (χ0v) is 19.6. The van der Waals surface area contributed by atoms with Gasteiger partial charge in [-0.25, -0.2) is 4.79 Å². The lowest BCUT2D eigenvalue weighted by molar-refractivity contribution is -0.143. The van der Waals surface area contributed by atoms with Crippen LogP contribution in [0.1, 0.15) is 55.6 Å². The van der Waals surface area contributed by atoms with Crippen LogP contribution in [0.15, 0.2) is 48.5 Å². The monoisotopic (exact) mass is 474 g/mol. The lowest BCUT2D eigenvalue weighted by Gasteiger charge is -2.26.